The summed E-state index contributed by atoms with van der Waals surface area (Å²) in [4.78, 5) is 57.9. The number of methoxy groups -OCH3 is 4. The zero-order chi connectivity index (χ0) is 37.1. The van der Waals surface area contributed by atoms with Crippen molar-refractivity contribution in [2.45, 2.75) is 32.6 Å². The normalized spacial score (nSPS) is 26.7. The Morgan fingerprint density at radius 2 is 1.48 bits per heavy atom. The topological polar surface area (TPSA) is 129 Å². The molecule has 0 bridgehead atoms. The Balaban J connectivity index is 1.25. The summed E-state index contributed by atoms with van der Waals surface area (Å²) in [7, 11) is 6.14. The lowest BCUT2D eigenvalue weighted by molar-refractivity contribution is -0.141. The van der Waals surface area contributed by atoms with Crippen molar-refractivity contribution in [3.63, 3.8) is 0 Å². The second-order valence-electron chi connectivity index (χ2n) is 14.1. The third kappa shape index (κ3) is 5.31. The number of ketones is 2. The van der Waals surface area contributed by atoms with Gasteiger partial charge in [-0.15, -0.1) is 0 Å². The number of hydrogen-bond donors (Lipinski definition) is 1. The Labute approximate surface area is 302 Å². The molecule has 0 spiro atoms. The van der Waals surface area contributed by atoms with Gasteiger partial charge in [0.15, 0.2) is 11.6 Å². The first-order valence-electron chi connectivity index (χ1n) is 17.3. The van der Waals surface area contributed by atoms with Gasteiger partial charge in [0.1, 0.15) is 28.7 Å². The summed E-state index contributed by atoms with van der Waals surface area (Å²) < 4.78 is 22.4. The second kappa shape index (κ2) is 13.2. The van der Waals surface area contributed by atoms with E-state index in [4.69, 9.17) is 18.9 Å². The first-order chi connectivity index (χ1) is 25.0. The van der Waals surface area contributed by atoms with Crippen LogP contribution in [-0.4, -0.2) is 56.9 Å². The van der Waals surface area contributed by atoms with Crippen molar-refractivity contribution >= 4 is 41.2 Å². The van der Waals surface area contributed by atoms with Crippen molar-refractivity contribution in [1.82, 2.24) is 0 Å². The predicted molar refractivity (Wildman–Crippen MR) is 195 cm³/mol. The van der Waals surface area contributed by atoms with Gasteiger partial charge in [0, 0.05) is 35.1 Å². The number of rotatable bonds is 8. The smallest absolute Gasteiger partial charge is 0.238 e. The van der Waals surface area contributed by atoms with Gasteiger partial charge >= 0.3 is 0 Å². The van der Waals surface area contributed by atoms with E-state index in [0.29, 0.717) is 39.8 Å². The predicted octanol–water partition coefficient (Wildman–Crippen LogP) is 6.56. The van der Waals surface area contributed by atoms with Gasteiger partial charge in [0.05, 0.1) is 51.4 Å². The fraction of sp³-hybridized carbons (Fsp3) is 0.333. The van der Waals surface area contributed by atoms with Crippen LogP contribution in [0.1, 0.15) is 49.3 Å². The summed E-state index contributed by atoms with van der Waals surface area (Å²) in [5.41, 5.74) is 2.59. The fourth-order valence-corrected chi connectivity index (χ4v) is 9.06. The number of phenols is 1. The molecule has 52 heavy (non-hydrogen) atoms. The van der Waals surface area contributed by atoms with Crippen LogP contribution in [0.4, 0.5) is 5.69 Å². The van der Waals surface area contributed by atoms with Crippen molar-refractivity contribution in [1.29, 1.82) is 0 Å². The minimum Gasteiger partial charge on any atom is -0.508 e. The minimum atomic E-state index is -1.23. The summed E-state index contributed by atoms with van der Waals surface area (Å²) in [6.07, 6.45) is 7.72. The molecular formula is C42H41NO9. The lowest BCUT2D eigenvalue weighted by atomic mass is 9.47. The Hall–Kier alpha value is -5.64. The van der Waals surface area contributed by atoms with Gasteiger partial charge < -0.3 is 24.1 Å². The highest BCUT2D eigenvalue weighted by Gasteiger charge is 2.64. The number of amides is 2. The molecule has 2 amide bonds. The molecule has 4 aliphatic rings. The molecule has 268 valence electrons. The molecule has 3 aliphatic carbocycles. The second-order valence-corrected chi connectivity index (χ2v) is 14.1. The zero-order valence-electron chi connectivity index (χ0n) is 30.0. The van der Waals surface area contributed by atoms with Gasteiger partial charge in [-0.1, -0.05) is 42.9 Å². The van der Waals surface area contributed by atoms with E-state index in [-0.39, 0.29) is 42.0 Å². The number of imide groups is 1. The number of fused-ring (bicyclic) bond motifs is 4. The summed E-state index contributed by atoms with van der Waals surface area (Å²) >= 11 is 0. The number of carbonyl (C=O) groups excluding carboxylic acids is 4. The molecule has 3 aromatic rings. The number of aromatic hydroxyl groups is 1. The lowest BCUT2D eigenvalue weighted by Crippen LogP contribution is -2.54. The Kier molecular flexibility index (Phi) is 8.80. The number of nitrogens with zero attached hydrogens (tertiary/aromatic N) is 1. The maximum atomic E-state index is 14.5. The van der Waals surface area contributed by atoms with E-state index in [1.165, 1.54) is 37.3 Å². The number of phenolic OH excluding ortho intramolecular Hbond substituents is 1. The van der Waals surface area contributed by atoms with Gasteiger partial charge in [-0.3, -0.25) is 24.1 Å². The van der Waals surface area contributed by atoms with Crippen molar-refractivity contribution in [3.8, 4) is 28.7 Å². The maximum absolute atomic E-state index is 14.5. The van der Waals surface area contributed by atoms with Crippen LogP contribution in [0, 0.1) is 29.1 Å². The first-order valence-corrected chi connectivity index (χ1v) is 17.3. The van der Waals surface area contributed by atoms with Gasteiger partial charge in [0.25, 0.3) is 0 Å². The van der Waals surface area contributed by atoms with Gasteiger partial charge in [-0.25, -0.2) is 0 Å². The molecule has 3 aromatic carbocycles. The maximum Gasteiger partial charge on any atom is 0.238 e. The molecule has 6 atom stereocenters. The van der Waals surface area contributed by atoms with Crippen molar-refractivity contribution < 1.29 is 43.2 Å². The summed E-state index contributed by atoms with van der Waals surface area (Å²) in [5.74, 6) is -2.43. The Morgan fingerprint density at radius 3 is 2.12 bits per heavy atom. The van der Waals surface area contributed by atoms with Crippen molar-refractivity contribution in [2.24, 2.45) is 29.1 Å². The number of allylic oxidation sites excluding steroid dienone is 4. The van der Waals surface area contributed by atoms with Crippen molar-refractivity contribution in [2.75, 3.05) is 33.3 Å². The van der Waals surface area contributed by atoms with Crippen LogP contribution >= 0.6 is 0 Å². The van der Waals surface area contributed by atoms with Crippen LogP contribution < -0.4 is 23.8 Å². The molecule has 1 N–H and O–H groups in total. The van der Waals surface area contributed by atoms with Gasteiger partial charge in [-0.05, 0) is 73.2 Å². The molecule has 1 saturated heterocycles. The van der Waals surface area contributed by atoms with Gasteiger partial charge in [-0.2, -0.15) is 0 Å². The summed E-state index contributed by atoms with van der Waals surface area (Å²) in [6.45, 7) is 3.46. The number of hydrogen-bond acceptors (Lipinski definition) is 9. The van der Waals surface area contributed by atoms with E-state index >= 15 is 0 Å². The molecule has 1 saturated carbocycles. The van der Waals surface area contributed by atoms with E-state index in [2.05, 4.69) is 0 Å². The molecule has 10 nitrogen and oxygen atoms in total. The number of ether oxygens (including phenoxy) is 4. The SMILES string of the molecule is COc1ccc(OC)c(C=Cc2ccc(N3C(=O)[C@H]4[C@H](CC=C5[C@H]4C[C@H]4C(=O)C=C(C)C(=O)[C@@]4(C)[C@H]5c4c(OC)cc(O)cc4OC)C3=O)cc2)c1. The summed E-state index contributed by atoms with van der Waals surface area (Å²) in [5, 5.41) is 10.5. The highest BCUT2D eigenvalue weighted by molar-refractivity contribution is 6.22. The monoisotopic (exact) mass is 703 g/mol. The average molecular weight is 704 g/mol. The standard InChI is InChI=1S/C42H41NO9/c1-22-17-32(45)31-21-30-28(38(42(31,2)39(22)46)37-34(51-5)19-26(44)20-35(37)52-6)14-15-29-36(30)41(48)43(40(29)47)25-11-8-23(9-12-25)7-10-24-18-27(49-3)13-16-33(24)50-4/h7-14,16-20,29-31,36,38,44H,15,21H2,1-6H3/t29-,30+,31-,36-,38+,42+/m0/s1. The Morgan fingerprint density at radius 1 is 0.808 bits per heavy atom. The molecule has 0 aromatic heterocycles. The van der Waals surface area contributed by atoms with Crippen LogP contribution in [0.15, 0.2) is 77.9 Å². The Bertz CT molecular complexity index is 2070. The van der Waals surface area contributed by atoms with E-state index < -0.39 is 35.0 Å². The molecule has 0 unspecified atom stereocenters. The number of benzene rings is 3. The average Bonchev–Trinajstić information content (AvgIpc) is 3.41. The molecule has 1 aliphatic heterocycles. The molecule has 1 heterocycles. The van der Waals surface area contributed by atoms with E-state index in [0.717, 1.165) is 16.7 Å². The first kappa shape index (κ1) is 34.8. The van der Waals surface area contributed by atoms with Crippen LogP contribution in [0.3, 0.4) is 0 Å². The number of anilines is 1. The molecule has 0 radical (unpaired) electrons. The molecule has 7 rings (SSSR count). The number of Topliss-reactive ketones (excluding diaryl/α,β-unsaturated/α-hetero) is 1. The molecule has 2 fully saturated rings. The summed E-state index contributed by atoms with van der Waals surface area (Å²) in [6, 6.07) is 15.6. The highest BCUT2D eigenvalue weighted by Crippen LogP contribution is 2.64. The molecular weight excluding hydrogens is 662 g/mol. The van der Waals surface area contributed by atoms with Gasteiger partial charge in [0.2, 0.25) is 11.8 Å². The quantitative estimate of drug-likeness (QED) is 0.158. The highest BCUT2D eigenvalue weighted by atomic mass is 16.5. The largest absolute Gasteiger partial charge is 0.508 e. The van der Waals surface area contributed by atoms with Crippen LogP contribution in [0.2, 0.25) is 0 Å². The van der Waals surface area contributed by atoms with Crippen LogP contribution in [-0.2, 0) is 19.2 Å². The van der Waals surface area contributed by atoms with Crippen molar-refractivity contribution in [3.05, 3.63) is 94.6 Å². The lowest BCUT2D eigenvalue weighted by Gasteiger charge is -2.54. The number of carbonyl (C=O) groups is 4. The van der Waals surface area contributed by atoms with Crippen LogP contribution in [0.5, 0.6) is 28.7 Å². The van der Waals surface area contributed by atoms with E-state index in [9.17, 15) is 24.3 Å². The van der Waals surface area contributed by atoms with E-state index in [1.807, 2.05) is 55.5 Å². The third-order valence-corrected chi connectivity index (χ3v) is 11.5. The van der Waals surface area contributed by atoms with E-state index in [1.54, 1.807) is 33.3 Å². The zero-order valence-corrected chi connectivity index (χ0v) is 30.0. The third-order valence-electron chi connectivity index (χ3n) is 11.5. The van der Waals surface area contributed by atoms with Crippen LogP contribution in [0.25, 0.3) is 12.2 Å². The fourth-order valence-electron chi connectivity index (χ4n) is 9.06. The minimum absolute atomic E-state index is 0.0833. The molecule has 10 heteroatoms.